The van der Waals surface area contributed by atoms with Gasteiger partial charge in [0, 0.05) is 5.02 Å². The van der Waals surface area contributed by atoms with Gasteiger partial charge in [-0.2, -0.15) is 0 Å². The van der Waals surface area contributed by atoms with E-state index in [2.05, 4.69) is 5.32 Å². The maximum absolute atomic E-state index is 12.3. The fraction of sp³-hybridized carbons (Fsp3) is 0.235. The summed E-state index contributed by atoms with van der Waals surface area (Å²) in [5.41, 5.74) is 0.587. The predicted molar refractivity (Wildman–Crippen MR) is 94.6 cm³/mol. The van der Waals surface area contributed by atoms with Gasteiger partial charge in [-0.3, -0.25) is 14.9 Å². The van der Waals surface area contributed by atoms with Crippen LogP contribution in [0.15, 0.2) is 36.4 Å². The van der Waals surface area contributed by atoms with E-state index in [0.29, 0.717) is 16.5 Å². The molecule has 0 heterocycles. The van der Waals surface area contributed by atoms with Crippen molar-refractivity contribution in [2.75, 3.05) is 12.4 Å². The SMILES string of the molecule is COc1ccc(NC(=O)[C@@H](C)Oc2ccc(Cl)cc2C)c([N+](=O)[O-])c1. The van der Waals surface area contributed by atoms with Crippen LogP contribution in [-0.4, -0.2) is 24.0 Å². The van der Waals surface area contributed by atoms with E-state index < -0.39 is 16.9 Å². The Morgan fingerprint density at radius 3 is 2.60 bits per heavy atom. The number of hydrogen-bond acceptors (Lipinski definition) is 5. The zero-order valence-electron chi connectivity index (χ0n) is 13.9. The fourth-order valence-electron chi connectivity index (χ4n) is 2.12. The number of carbonyl (C=O) groups is 1. The van der Waals surface area contributed by atoms with Crippen LogP contribution in [0.5, 0.6) is 11.5 Å². The second kappa shape index (κ2) is 7.85. The first-order valence-corrected chi connectivity index (χ1v) is 7.75. The summed E-state index contributed by atoms with van der Waals surface area (Å²) < 4.78 is 10.6. The van der Waals surface area contributed by atoms with Gasteiger partial charge in [0.2, 0.25) is 0 Å². The minimum atomic E-state index is -0.860. The summed E-state index contributed by atoms with van der Waals surface area (Å²) in [6.07, 6.45) is -0.860. The number of halogens is 1. The molecule has 2 aromatic rings. The molecule has 0 bridgehead atoms. The van der Waals surface area contributed by atoms with E-state index in [9.17, 15) is 14.9 Å². The van der Waals surface area contributed by atoms with Crippen LogP contribution in [0.1, 0.15) is 12.5 Å². The number of nitrogens with zero attached hydrogens (tertiary/aromatic N) is 1. The zero-order valence-corrected chi connectivity index (χ0v) is 14.7. The molecule has 8 heteroatoms. The highest BCUT2D eigenvalue weighted by Crippen LogP contribution is 2.29. The van der Waals surface area contributed by atoms with Crippen LogP contribution >= 0.6 is 11.6 Å². The zero-order chi connectivity index (χ0) is 18.6. The average molecular weight is 365 g/mol. The number of aryl methyl sites for hydroxylation is 1. The van der Waals surface area contributed by atoms with E-state index in [1.165, 1.54) is 25.3 Å². The van der Waals surface area contributed by atoms with Crippen molar-refractivity contribution >= 4 is 28.9 Å². The second-order valence-electron chi connectivity index (χ2n) is 5.30. The molecule has 0 aliphatic carbocycles. The molecule has 0 unspecified atom stereocenters. The van der Waals surface area contributed by atoms with Gasteiger partial charge in [0.1, 0.15) is 17.2 Å². The first-order chi connectivity index (χ1) is 11.8. The van der Waals surface area contributed by atoms with Crippen LogP contribution < -0.4 is 14.8 Å². The molecule has 1 amide bonds. The van der Waals surface area contributed by atoms with Gasteiger partial charge < -0.3 is 14.8 Å². The highest BCUT2D eigenvalue weighted by Gasteiger charge is 2.21. The maximum atomic E-state index is 12.3. The number of amides is 1. The first kappa shape index (κ1) is 18.5. The Morgan fingerprint density at radius 2 is 2.00 bits per heavy atom. The van der Waals surface area contributed by atoms with Crippen molar-refractivity contribution in [3.8, 4) is 11.5 Å². The fourth-order valence-corrected chi connectivity index (χ4v) is 2.35. The number of nitro benzene ring substituents is 1. The molecule has 2 aromatic carbocycles. The largest absolute Gasteiger partial charge is 0.496 e. The van der Waals surface area contributed by atoms with Crippen LogP contribution in [0.25, 0.3) is 0 Å². The molecule has 0 fully saturated rings. The summed E-state index contributed by atoms with van der Waals surface area (Å²) >= 11 is 5.89. The summed E-state index contributed by atoms with van der Waals surface area (Å²) in [5.74, 6) is 0.324. The lowest BCUT2D eigenvalue weighted by Gasteiger charge is -2.16. The van der Waals surface area contributed by atoms with Gasteiger partial charge in [-0.25, -0.2) is 0 Å². The third kappa shape index (κ3) is 4.60. The summed E-state index contributed by atoms with van der Waals surface area (Å²) in [6, 6.07) is 9.22. The van der Waals surface area contributed by atoms with Crippen LogP contribution in [0.2, 0.25) is 5.02 Å². The molecule has 0 aromatic heterocycles. The van der Waals surface area contributed by atoms with Gasteiger partial charge in [-0.15, -0.1) is 0 Å². The van der Waals surface area contributed by atoms with Gasteiger partial charge in [-0.05, 0) is 49.7 Å². The number of nitrogens with one attached hydrogen (secondary N) is 1. The number of methoxy groups -OCH3 is 1. The van der Waals surface area contributed by atoms with E-state index in [1.54, 1.807) is 32.0 Å². The lowest BCUT2D eigenvalue weighted by atomic mass is 10.2. The predicted octanol–water partition coefficient (Wildman–Crippen LogP) is 3.97. The van der Waals surface area contributed by atoms with E-state index in [1.807, 2.05) is 0 Å². The molecular weight excluding hydrogens is 348 g/mol. The van der Waals surface area contributed by atoms with E-state index in [4.69, 9.17) is 21.1 Å². The molecular formula is C17H17ClN2O5. The molecule has 2 rings (SSSR count). The van der Waals surface area contributed by atoms with Crippen LogP contribution in [0.3, 0.4) is 0 Å². The smallest absolute Gasteiger partial charge is 0.296 e. The van der Waals surface area contributed by atoms with Crippen molar-refractivity contribution in [3.05, 3.63) is 57.1 Å². The third-order valence-electron chi connectivity index (χ3n) is 3.47. The van der Waals surface area contributed by atoms with Gasteiger partial charge in [0.05, 0.1) is 18.1 Å². The minimum Gasteiger partial charge on any atom is -0.496 e. The summed E-state index contributed by atoms with van der Waals surface area (Å²) in [4.78, 5) is 22.9. The van der Waals surface area contributed by atoms with Crippen molar-refractivity contribution in [3.63, 3.8) is 0 Å². The molecule has 7 nitrogen and oxygen atoms in total. The van der Waals surface area contributed by atoms with E-state index >= 15 is 0 Å². The summed E-state index contributed by atoms with van der Waals surface area (Å²) in [7, 11) is 1.40. The monoisotopic (exact) mass is 364 g/mol. The number of nitro groups is 1. The van der Waals surface area contributed by atoms with Crippen molar-refractivity contribution in [1.82, 2.24) is 0 Å². The quantitative estimate of drug-likeness (QED) is 0.618. The van der Waals surface area contributed by atoms with Crippen molar-refractivity contribution < 1.29 is 19.2 Å². The molecule has 132 valence electrons. The highest BCUT2D eigenvalue weighted by atomic mass is 35.5. The van der Waals surface area contributed by atoms with E-state index in [0.717, 1.165) is 5.56 Å². The normalized spacial score (nSPS) is 11.5. The molecule has 0 radical (unpaired) electrons. The third-order valence-corrected chi connectivity index (χ3v) is 3.70. The highest BCUT2D eigenvalue weighted by molar-refractivity contribution is 6.30. The first-order valence-electron chi connectivity index (χ1n) is 7.38. The Labute approximate surface area is 149 Å². The topological polar surface area (TPSA) is 90.7 Å². The van der Waals surface area contributed by atoms with Crippen molar-refractivity contribution in [2.24, 2.45) is 0 Å². The molecule has 0 saturated heterocycles. The number of ether oxygens (including phenoxy) is 2. The Morgan fingerprint density at radius 1 is 1.28 bits per heavy atom. The van der Waals surface area contributed by atoms with E-state index in [-0.39, 0.29) is 11.4 Å². The molecule has 1 N–H and O–H groups in total. The standard InChI is InChI=1S/C17H17ClN2O5/c1-10-8-12(18)4-7-16(10)25-11(2)17(21)19-14-6-5-13(24-3)9-15(14)20(22)23/h4-9,11H,1-3H3,(H,19,21)/t11-/m1/s1. The number of benzene rings is 2. The van der Waals surface area contributed by atoms with Gasteiger partial charge in [-0.1, -0.05) is 11.6 Å². The van der Waals surface area contributed by atoms with Gasteiger partial charge >= 0.3 is 0 Å². The van der Waals surface area contributed by atoms with Crippen LogP contribution in [0.4, 0.5) is 11.4 Å². The maximum Gasteiger partial charge on any atom is 0.296 e. The molecule has 0 saturated carbocycles. The molecule has 0 spiro atoms. The molecule has 0 aliphatic rings. The van der Waals surface area contributed by atoms with Gasteiger partial charge in [0.25, 0.3) is 11.6 Å². The van der Waals surface area contributed by atoms with Crippen molar-refractivity contribution in [2.45, 2.75) is 20.0 Å². The average Bonchev–Trinajstić information content (AvgIpc) is 2.57. The second-order valence-corrected chi connectivity index (χ2v) is 5.74. The molecule has 25 heavy (non-hydrogen) atoms. The van der Waals surface area contributed by atoms with Crippen LogP contribution in [-0.2, 0) is 4.79 Å². The van der Waals surface area contributed by atoms with Crippen LogP contribution in [0, 0.1) is 17.0 Å². The Kier molecular flexibility index (Phi) is 5.82. The number of anilines is 1. The lowest BCUT2D eigenvalue weighted by Crippen LogP contribution is -2.30. The van der Waals surface area contributed by atoms with Gasteiger partial charge in [0.15, 0.2) is 6.10 Å². The number of rotatable bonds is 6. The van der Waals surface area contributed by atoms with Crippen molar-refractivity contribution in [1.29, 1.82) is 0 Å². The molecule has 1 atom stereocenters. The summed E-state index contributed by atoms with van der Waals surface area (Å²) in [6.45, 7) is 3.36. The number of carbonyl (C=O) groups excluding carboxylic acids is 1. The molecule has 0 aliphatic heterocycles. The Bertz CT molecular complexity index is 810. The Hall–Kier alpha value is -2.80. The summed E-state index contributed by atoms with van der Waals surface area (Å²) in [5, 5.41) is 14.2. The minimum absolute atomic E-state index is 0.0686. The lowest BCUT2D eigenvalue weighted by molar-refractivity contribution is -0.384. The number of hydrogen-bond donors (Lipinski definition) is 1. The Balaban J connectivity index is 2.14.